The maximum Gasteiger partial charge on any atom is 0.262 e. The summed E-state index contributed by atoms with van der Waals surface area (Å²) < 4.78 is 0. The van der Waals surface area contributed by atoms with Crippen LogP contribution in [0.5, 0.6) is 5.75 Å². The van der Waals surface area contributed by atoms with E-state index >= 15 is 0 Å². The van der Waals surface area contributed by atoms with Crippen molar-refractivity contribution in [3.63, 3.8) is 0 Å². The molecule has 2 aromatic rings. The second-order valence-electron chi connectivity index (χ2n) is 6.22. The lowest BCUT2D eigenvalue weighted by molar-refractivity contribution is -0.117. The SMILES string of the molecule is N#C/C(=C\c1cc(O)c2c(c1)CCCC2)C(=O)NCc1ccccc1. The van der Waals surface area contributed by atoms with Gasteiger partial charge in [0, 0.05) is 6.54 Å². The molecule has 0 aromatic heterocycles. The number of phenols is 1. The highest BCUT2D eigenvalue weighted by molar-refractivity contribution is 6.01. The molecular weight excluding hydrogens is 312 g/mol. The molecule has 25 heavy (non-hydrogen) atoms. The van der Waals surface area contributed by atoms with Crippen LogP contribution in [0.15, 0.2) is 48.0 Å². The number of hydrogen-bond acceptors (Lipinski definition) is 3. The van der Waals surface area contributed by atoms with Gasteiger partial charge in [0.1, 0.15) is 17.4 Å². The predicted octanol–water partition coefficient (Wildman–Crippen LogP) is 3.49. The van der Waals surface area contributed by atoms with E-state index in [-0.39, 0.29) is 11.3 Å². The van der Waals surface area contributed by atoms with Crippen molar-refractivity contribution >= 4 is 12.0 Å². The monoisotopic (exact) mass is 332 g/mol. The lowest BCUT2D eigenvalue weighted by atomic mass is 9.89. The van der Waals surface area contributed by atoms with Crippen molar-refractivity contribution in [2.24, 2.45) is 0 Å². The van der Waals surface area contributed by atoms with Gasteiger partial charge in [-0.1, -0.05) is 36.4 Å². The standard InChI is InChI=1S/C21H20N2O2/c22-13-18(21(25)23-14-15-6-2-1-3-7-15)11-16-10-17-8-4-5-9-19(17)20(24)12-16/h1-3,6-7,10-12,24H,4-5,8-9,14H2,(H,23,25)/b18-11+. The summed E-state index contributed by atoms with van der Waals surface area (Å²) in [5.41, 5.74) is 3.80. The number of aryl methyl sites for hydroxylation is 1. The number of carbonyl (C=O) groups excluding carboxylic acids is 1. The number of aromatic hydroxyl groups is 1. The molecule has 0 fully saturated rings. The lowest BCUT2D eigenvalue weighted by Crippen LogP contribution is -2.23. The van der Waals surface area contributed by atoms with Crippen molar-refractivity contribution in [3.05, 3.63) is 70.3 Å². The fourth-order valence-electron chi connectivity index (χ4n) is 3.14. The zero-order valence-corrected chi connectivity index (χ0v) is 14.0. The van der Waals surface area contributed by atoms with Gasteiger partial charge in [0.2, 0.25) is 0 Å². The number of amides is 1. The third-order valence-corrected chi connectivity index (χ3v) is 4.44. The number of benzene rings is 2. The molecular formula is C21H20N2O2. The number of carbonyl (C=O) groups is 1. The Morgan fingerprint density at radius 3 is 2.72 bits per heavy atom. The van der Waals surface area contributed by atoms with Gasteiger partial charge >= 0.3 is 0 Å². The molecule has 0 saturated heterocycles. The van der Waals surface area contributed by atoms with Gasteiger partial charge in [-0.3, -0.25) is 4.79 Å². The Balaban J connectivity index is 1.77. The predicted molar refractivity (Wildman–Crippen MR) is 96.6 cm³/mol. The number of nitrogens with zero attached hydrogens (tertiary/aromatic N) is 1. The highest BCUT2D eigenvalue weighted by atomic mass is 16.3. The van der Waals surface area contributed by atoms with Crippen LogP contribution in [0.1, 0.15) is 35.1 Å². The average Bonchev–Trinajstić information content (AvgIpc) is 2.65. The van der Waals surface area contributed by atoms with E-state index in [1.807, 2.05) is 42.5 Å². The first-order valence-electron chi connectivity index (χ1n) is 8.46. The molecule has 4 heteroatoms. The molecule has 0 spiro atoms. The van der Waals surface area contributed by atoms with E-state index in [1.165, 1.54) is 6.08 Å². The van der Waals surface area contributed by atoms with Crippen molar-refractivity contribution in [2.75, 3.05) is 0 Å². The van der Waals surface area contributed by atoms with Gasteiger partial charge in [-0.2, -0.15) is 5.26 Å². The van der Waals surface area contributed by atoms with Crippen molar-refractivity contribution in [3.8, 4) is 11.8 Å². The normalized spacial score (nSPS) is 13.6. The van der Waals surface area contributed by atoms with E-state index in [0.717, 1.165) is 42.4 Å². The smallest absolute Gasteiger partial charge is 0.262 e. The van der Waals surface area contributed by atoms with Crippen LogP contribution in [0, 0.1) is 11.3 Å². The molecule has 0 saturated carbocycles. The van der Waals surface area contributed by atoms with Crippen LogP contribution in [-0.2, 0) is 24.2 Å². The fourth-order valence-corrected chi connectivity index (χ4v) is 3.14. The first-order chi connectivity index (χ1) is 12.2. The summed E-state index contributed by atoms with van der Waals surface area (Å²) in [4.78, 5) is 12.3. The molecule has 3 rings (SSSR count). The van der Waals surface area contributed by atoms with Gasteiger partial charge in [0.15, 0.2) is 0 Å². The highest BCUT2D eigenvalue weighted by Crippen LogP contribution is 2.31. The summed E-state index contributed by atoms with van der Waals surface area (Å²) >= 11 is 0. The minimum absolute atomic E-state index is 0.0334. The molecule has 126 valence electrons. The van der Waals surface area contributed by atoms with E-state index < -0.39 is 5.91 Å². The Bertz CT molecular complexity index is 848. The van der Waals surface area contributed by atoms with Crippen LogP contribution >= 0.6 is 0 Å². The third-order valence-electron chi connectivity index (χ3n) is 4.44. The van der Waals surface area contributed by atoms with Crippen LogP contribution in [0.3, 0.4) is 0 Å². The van der Waals surface area contributed by atoms with Crippen LogP contribution in [0.2, 0.25) is 0 Å². The van der Waals surface area contributed by atoms with Gasteiger partial charge in [-0.15, -0.1) is 0 Å². The molecule has 1 aliphatic carbocycles. The molecule has 0 bridgehead atoms. The zero-order chi connectivity index (χ0) is 17.6. The summed E-state index contributed by atoms with van der Waals surface area (Å²) in [6.45, 7) is 0.369. The second-order valence-corrected chi connectivity index (χ2v) is 6.22. The maximum atomic E-state index is 12.3. The molecule has 0 radical (unpaired) electrons. The first-order valence-corrected chi connectivity index (χ1v) is 8.46. The van der Waals surface area contributed by atoms with E-state index in [0.29, 0.717) is 12.1 Å². The minimum atomic E-state index is -0.413. The molecule has 1 aliphatic rings. The van der Waals surface area contributed by atoms with Crippen LogP contribution < -0.4 is 5.32 Å². The van der Waals surface area contributed by atoms with Gasteiger partial charge in [-0.05, 0) is 60.1 Å². The van der Waals surface area contributed by atoms with E-state index in [9.17, 15) is 15.2 Å². The second kappa shape index (κ2) is 7.67. The largest absolute Gasteiger partial charge is 0.508 e. The average molecular weight is 332 g/mol. The van der Waals surface area contributed by atoms with Gasteiger partial charge in [-0.25, -0.2) is 0 Å². The lowest BCUT2D eigenvalue weighted by Gasteiger charge is -2.17. The Morgan fingerprint density at radius 1 is 1.20 bits per heavy atom. The molecule has 4 nitrogen and oxygen atoms in total. The van der Waals surface area contributed by atoms with Crippen LogP contribution in [0.4, 0.5) is 0 Å². The van der Waals surface area contributed by atoms with Crippen molar-refractivity contribution in [1.82, 2.24) is 5.32 Å². The fraction of sp³-hybridized carbons (Fsp3) is 0.238. The minimum Gasteiger partial charge on any atom is -0.508 e. The Morgan fingerprint density at radius 2 is 1.96 bits per heavy atom. The van der Waals surface area contributed by atoms with E-state index in [4.69, 9.17) is 0 Å². The number of fused-ring (bicyclic) bond motifs is 1. The molecule has 2 aromatic carbocycles. The molecule has 2 N–H and O–H groups in total. The maximum absolute atomic E-state index is 12.3. The molecule has 0 aliphatic heterocycles. The molecule has 1 amide bonds. The number of nitriles is 1. The molecule has 0 atom stereocenters. The van der Waals surface area contributed by atoms with Crippen LogP contribution in [0.25, 0.3) is 6.08 Å². The summed E-state index contributed by atoms with van der Waals surface area (Å²) in [5.74, 6) is -0.158. The van der Waals surface area contributed by atoms with Crippen molar-refractivity contribution in [1.29, 1.82) is 5.26 Å². The Hall–Kier alpha value is -3.06. The quantitative estimate of drug-likeness (QED) is 0.665. The Kier molecular flexibility index (Phi) is 5.15. The summed E-state index contributed by atoms with van der Waals surface area (Å²) in [5, 5.41) is 22.3. The molecule has 0 heterocycles. The number of nitrogens with one attached hydrogen (secondary N) is 1. The number of hydrogen-bond donors (Lipinski definition) is 2. The van der Waals surface area contributed by atoms with E-state index in [2.05, 4.69) is 5.32 Å². The highest BCUT2D eigenvalue weighted by Gasteiger charge is 2.15. The number of rotatable bonds is 4. The van der Waals surface area contributed by atoms with Crippen molar-refractivity contribution in [2.45, 2.75) is 32.2 Å². The molecule has 0 unspecified atom stereocenters. The topological polar surface area (TPSA) is 73.1 Å². The summed E-state index contributed by atoms with van der Waals surface area (Å²) in [7, 11) is 0. The first kappa shape index (κ1) is 16.8. The van der Waals surface area contributed by atoms with Gasteiger partial charge in [0.25, 0.3) is 5.91 Å². The van der Waals surface area contributed by atoms with Crippen LogP contribution in [-0.4, -0.2) is 11.0 Å². The third kappa shape index (κ3) is 4.07. The summed E-state index contributed by atoms with van der Waals surface area (Å²) in [6.07, 6.45) is 5.53. The van der Waals surface area contributed by atoms with Gasteiger partial charge in [0.05, 0.1) is 0 Å². The number of phenolic OH excluding ortho intramolecular Hbond substituents is 1. The Labute approximate surface area is 147 Å². The van der Waals surface area contributed by atoms with E-state index in [1.54, 1.807) is 6.07 Å². The summed E-state index contributed by atoms with van der Waals surface area (Å²) in [6, 6.07) is 15.1. The zero-order valence-electron chi connectivity index (χ0n) is 14.0. The van der Waals surface area contributed by atoms with Gasteiger partial charge < -0.3 is 10.4 Å². The van der Waals surface area contributed by atoms with Crippen molar-refractivity contribution < 1.29 is 9.90 Å².